The molecule has 0 radical (unpaired) electrons. The Balaban J connectivity index is 2.22. The Kier molecular flexibility index (Phi) is 4.09. The molecule has 1 aromatic heterocycles. The van der Waals surface area contributed by atoms with E-state index < -0.39 is 0 Å². The van der Waals surface area contributed by atoms with Crippen molar-refractivity contribution in [2.45, 2.75) is 29.1 Å². The van der Waals surface area contributed by atoms with Crippen LogP contribution in [0.5, 0.6) is 0 Å². The molecule has 0 fully saturated rings. The average Bonchev–Trinajstić information content (AvgIpc) is 2.67. The number of thiazole rings is 1. The summed E-state index contributed by atoms with van der Waals surface area (Å²) < 4.78 is 1.01. The van der Waals surface area contributed by atoms with Crippen LogP contribution in [0.1, 0.15) is 24.2 Å². The summed E-state index contributed by atoms with van der Waals surface area (Å²) in [7, 11) is 0. The van der Waals surface area contributed by atoms with Gasteiger partial charge in [0.25, 0.3) is 0 Å². The van der Waals surface area contributed by atoms with E-state index in [1.807, 2.05) is 37.4 Å². The molecular formula is C12H13ClN2S2. The second-order valence-electron chi connectivity index (χ2n) is 3.84. The zero-order valence-electron chi connectivity index (χ0n) is 9.61. The number of nitrogens with zero attached hydrogens (tertiary/aromatic N) is 1. The van der Waals surface area contributed by atoms with Crippen molar-refractivity contribution in [1.82, 2.24) is 4.98 Å². The summed E-state index contributed by atoms with van der Waals surface area (Å²) in [5.74, 6) is 0. The molecule has 0 spiro atoms. The third kappa shape index (κ3) is 3.22. The Morgan fingerprint density at radius 1 is 1.47 bits per heavy atom. The van der Waals surface area contributed by atoms with Crippen molar-refractivity contribution in [3.05, 3.63) is 39.9 Å². The summed E-state index contributed by atoms with van der Waals surface area (Å²) in [6.45, 7) is 3.93. The van der Waals surface area contributed by atoms with Crippen LogP contribution in [0.2, 0.25) is 5.02 Å². The maximum absolute atomic E-state index is 6.23. The minimum atomic E-state index is 0.00802. The second kappa shape index (κ2) is 5.40. The normalized spacial score (nSPS) is 12.7. The minimum Gasteiger partial charge on any atom is -0.324 e. The number of aromatic nitrogens is 1. The van der Waals surface area contributed by atoms with Gasteiger partial charge in [0.2, 0.25) is 0 Å². The first-order chi connectivity index (χ1) is 8.06. The van der Waals surface area contributed by atoms with Crippen molar-refractivity contribution in [1.29, 1.82) is 0 Å². The van der Waals surface area contributed by atoms with E-state index in [1.54, 1.807) is 23.1 Å². The zero-order valence-corrected chi connectivity index (χ0v) is 12.0. The van der Waals surface area contributed by atoms with Gasteiger partial charge in [0.05, 0.1) is 5.02 Å². The number of halogens is 1. The Labute approximate surface area is 114 Å². The molecule has 0 amide bonds. The van der Waals surface area contributed by atoms with Crippen LogP contribution in [0.3, 0.4) is 0 Å². The van der Waals surface area contributed by atoms with E-state index in [-0.39, 0.29) is 6.04 Å². The quantitative estimate of drug-likeness (QED) is 0.914. The molecule has 90 valence electrons. The highest BCUT2D eigenvalue weighted by molar-refractivity contribution is 8.01. The van der Waals surface area contributed by atoms with Gasteiger partial charge in [-0.15, -0.1) is 11.3 Å². The maximum Gasteiger partial charge on any atom is 0.154 e. The summed E-state index contributed by atoms with van der Waals surface area (Å²) in [6, 6.07) is 5.95. The third-order valence-corrected chi connectivity index (χ3v) is 4.83. The zero-order chi connectivity index (χ0) is 12.4. The van der Waals surface area contributed by atoms with Crippen LogP contribution in [0.25, 0.3) is 0 Å². The molecule has 0 bridgehead atoms. The van der Waals surface area contributed by atoms with Crippen molar-refractivity contribution >= 4 is 34.7 Å². The number of benzene rings is 1. The van der Waals surface area contributed by atoms with Crippen LogP contribution in [0.4, 0.5) is 0 Å². The molecule has 1 atom stereocenters. The van der Waals surface area contributed by atoms with Gasteiger partial charge in [-0.1, -0.05) is 29.4 Å². The molecule has 0 aliphatic rings. The topological polar surface area (TPSA) is 38.9 Å². The van der Waals surface area contributed by atoms with Gasteiger partial charge in [-0.2, -0.15) is 0 Å². The predicted octanol–water partition coefficient (Wildman–Crippen LogP) is 4.28. The Hall–Kier alpha value is -0.550. The molecule has 2 aromatic rings. The number of nitrogens with two attached hydrogens (primary N) is 1. The van der Waals surface area contributed by atoms with E-state index in [2.05, 4.69) is 4.98 Å². The molecule has 0 aliphatic heterocycles. The summed E-state index contributed by atoms with van der Waals surface area (Å²) in [5, 5.41) is 2.77. The average molecular weight is 285 g/mol. The highest BCUT2D eigenvalue weighted by Gasteiger charge is 2.08. The maximum atomic E-state index is 6.23. The molecular weight excluding hydrogens is 272 g/mol. The lowest BCUT2D eigenvalue weighted by Gasteiger charge is -2.08. The van der Waals surface area contributed by atoms with Crippen molar-refractivity contribution in [3.8, 4) is 0 Å². The van der Waals surface area contributed by atoms with E-state index >= 15 is 0 Å². The summed E-state index contributed by atoms with van der Waals surface area (Å²) >= 11 is 9.45. The monoisotopic (exact) mass is 284 g/mol. The summed E-state index contributed by atoms with van der Waals surface area (Å²) in [5.41, 5.74) is 7.91. The predicted molar refractivity (Wildman–Crippen MR) is 75.0 cm³/mol. The summed E-state index contributed by atoms with van der Waals surface area (Å²) in [4.78, 5) is 5.42. The molecule has 2 rings (SSSR count). The molecule has 0 aliphatic carbocycles. The van der Waals surface area contributed by atoms with Crippen LogP contribution in [-0.4, -0.2) is 4.98 Å². The van der Waals surface area contributed by atoms with Crippen molar-refractivity contribution < 1.29 is 0 Å². The van der Waals surface area contributed by atoms with Crippen molar-refractivity contribution in [2.75, 3.05) is 0 Å². The number of aryl methyl sites for hydroxylation is 1. The Morgan fingerprint density at radius 3 is 2.76 bits per heavy atom. The number of hydrogen-bond acceptors (Lipinski definition) is 4. The lowest BCUT2D eigenvalue weighted by Crippen LogP contribution is -2.04. The fourth-order valence-corrected chi connectivity index (χ4v) is 3.46. The number of rotatable bonds is 3. The second-order valence-corrected chi connectivity index (χ2v) is 6.39. The van der Waals surface area contributed by atoms with Crippen LogP contribution in [0, 0.1) is 6.92 Å². The van der Waals surface area contributed by atoms with Gasteiger partial charge in [0.15, 0.2) is 4.34 Å². The number of hydrogen-bond donors (Lipinski definition) is 1. The van der Waals surface area contributed by atoms with Crippen molar-refractivity contribution in [2.24, 2.45) is 5.73 Å². The lowest BCUT2D eigenvalue weighted by molar-refractivity contribution is 0.817. The van der Waals surface area contributed by atoms with Crippen LogP contribution < -0.4 is 5.73 Å². The van der Waals surface area contributed by atoms with Crippen LogP contribution >= 0.6 is 34.7 Å². The fourth-order valence-electron chi connectivity index (χ4n) is 1.36. The Bertz CT molecular complexity index is 523. The van der Waals surface area contributed by atoms with Gasteiger partial charge >= 0.3 is 0 Å². The first-order valence-electron chi connectivity index (χ1n) is 5.21. The van der Waals surface area contributed by atoms with Crippen LogP contribution in [0.15, 0.2) is 32.8 Å². The standard InChI is InChI=1S/C12H13ClN2S2/c1-7-6-16-12(15-7)17-11-4-3-9(8(2)14)5-10(11)13/h3-6,8H,14H2,1-2H3/t8-/m1/s1. The minimum absolute atomic E-state index is 0.00802. The van der Waals surface area contributed by atoms with Crippen molar-refractivity contribution in [3.63, 3.8) is 0 Å². The molecule has 0 saturated heterocycles. The van der Waals surface area contributed by atoms with E-state index in [4.69, 9.17) is 17.3 Å². The van der Waals surface area contributed by atoms with Gasteiger partial charge in [0.1, 0.15) is 0 Å². The van der Waals surface area contributed by atoms with E-state index in [1.165, 1.54) is 0 Å². The molecule has 0 saturated carbocycles. The van der Waals surface area contributed by atoms with Gasteiger partial charge in [0, 0.05) is 22.0 Å². The van der Waals surface area contributed by atoms with Crippen LogP contribution in [-0.2, 0) is 0 Å². The smallest absolute Gasteiger partial charge is 0.154 e. The molecule has 5 heteroatoms. The molecule has 2 nitrogen and oxygen atoms in total. The third-order valence-electron chi connectivity index (χ3n) is 2.28. The fraction of sp³-hybridized carbons (Fsp3) is 0.250. The molecule has 1 aromatic carbocycles. The summed E-state index contributed by atoms with van der Waals surface area (Å²) in [6.07, 6.45) is 0. The van der Waals surface area contributed by atoms with Gasteiger partial charge in [-0.05, 0) is 31.5 Å². The highest BCUT2D eigenvalue weighted by atomic mass is 35.5. The van der Waals surface area contributed by atoms with E-state index in [9.17, 15) is 0 Å². The van der Waals surface area contributed by atoms with Gasteiger partial charge < -0.3 is 5.73 Å². The lowest BCUT2D eigenvalue weighted by atomic mass is 10.1. The van der Waals surface area contributed by atoms with Gasteiger partial charge in [-0.3, -0.25) is 0 Å². The Morgan fingerprint density at radius 2 is 2.24 bits per heavy atom. The first-order valence-corrected chi connectivity index (χ1v) is 7.28. The largest absolute Gasteiger partial charge is 0.324 e. The SMILES string of the molecule is Cc1csc(Sc2ccc([C@@H](C)N)cc2Cl)n1. The molecule has 17 heavy (non-hydrogen) atoms. The molecule has 0 unspecified atom stereocenters. The highest BCUT2D eigenvalue weighted by Crippen LogP contribution is 2.35. The molecule has 1 heterocycles. The van der Waals surface area contributed by atoms with E-state index in [0.29, 0.717) is 0 Å². The first kappa shape index (κ1) is 12.9. The van der Waals surface area contributed by atoms with Gasteiger partial charge in [-0.25, -0.2) is 4.98 Å². The van der Waals surface area contributed by atoms with E-state index in [0.717, 1.165) is 25.5 Å². The molecule has 2 N–H and O–H groups in total.